The molecule has 0 aliphatic carbocycles. The lowest BCUT2D eigenvalue weighted by atomic mass is 10.6. The van der Waals surface area contributed by atoms with Gasteiger partial charge in [0.15, 0.2) is 6.73 Å². The number of hydrogen-bond acceptors (Lipinski definition) is 2. The molecule has 4 heteroatoms. The summed E-state index contributed by atoms with van der Waals surface area (Å²) in [4.78, 5) is 0. The van der Waals surface area contributed by atoms with Gasteiger partial charge >= 0.3 is 0 Å². The number of hydrogen-bond donors (Lipinski definition) is 0. The molecule has 15 heavy (non-hydrogen) atoms. The van der Waals surface area contributed by atoms with Gasteiger partial charge in [-0.1, -0.05) is 6.92 Å². The average molecular weight is 229 g/mol. The van der Waals surface area contributed by atoms with Crippen molar-refractivity contribution in [3.63, 3.8) is 0 Å². The second-order valence-electron chi connectivity index (χ2n) is 3.33. The smallest absolute Gasteiger partial charge is 0.255 e. The molecule has 1 heterocycles. The zero-order valence-electron chi connectivity index (χ0n) is 9.90. The standard InChI is InChI=1S/C11H21N2OS/c1-4-14-10-13-7-6-12(11(13)3)8-9-15-5-2/h6-7H,4-5,8-10H2,1-3H3/q+1. The fourth-order valence-corrected chi connectivity index (χ4v) is 2.03. The Labute approximate surface area is 96.4 Å². The van der Waals surface area contributed by atoms with Crippen molar-refractivity contribution in [3.8, 4) is 0 Å². The third-order valence-corrected chi connectivity index (χ3v) is 3.25. The first-order valence-electron chi connectivity index (χ1n) is 5.50. The molecular formula is C11H21N2OS+. The predicted molar refractivity (Wildman–Crippen MR) is 64.0 cm³/mol. The van der Waals surface area contributed by atoms with Crippen LogP contribution in [0.4, 0.5) is 0 Å². The first kappa shape index (κ1) is 12.6. The van der Waals surface area contributed by atoms with Gasteiger partial charge in [-0.15, -0.1) is 0 Å². The molecule has 3 nitrogen and oxygen atoms in total. The van der Waals surface area contributed by atoms with Crippen molar-refractivity contribution < 1.29 is 9.30 Å². The van der Waals surface area contributed by atoms with Crippen LogP contribution >= 0.6 is 11.8 Å². The molecular weight excluding hydrogens is 208 g/mol. The highest BCUT2D eigenvalue weighted by atomic mass is 32.2. The lowest BCUT2D eigenvalue weighted by molar-refractivity contribution is -0.737. The second-order valence-corrected chi connectivity index (χ2v) is 4.72. The number of thioether (sulfide) groups is 1. The normalized spacial score (nSPS) is 10.9. The van der Waals surface area contributed by atoms with Crippen LogP contribution in [0.3, 0.4) is 0 Å². The maximum Gasteiger partial charge on any atom is 0.255 e. The van der Waals surface area contributed by atoms with Crippen LogP contribution in [0, 0.1) is 6.92 Å². The summed E-state index contributed by atoms with van der Waals surface area (Å²) in [5.41, 5.74) is 0. The Morgan fingerprint density at radius 2 is 2.27 bits per heavy atom. The summed E-state index contributed by atoms with van der Waals surface area (Å²) in [7, 11) is 0. The average Bonchev–Trinajstić information content (AvgIpc) is 2.58. The molecule has 0 saturated carbocycles. The van der Waals surface area contributed by atoms with Gasteiger partial charge in [-0.25, -0.2) is 9.13 Å². The van der Waals surface area contributed by atoms with E-state index in [4.69, 9.17) is 4.74 Å². The Kier molecular flexibility index (Phi) is 5.79. The maximum atomic E-state index is 5.38. The molecule has 0 aliphatic heterocycles. The molecule has 0 N–H and O–H groups in total. The molecule has 1 aromatic rings. The molecule has 0 amide bonds. The molecule has 0 spiro atoms. The summed E-state index contributed by atoms with van der Waals surface area (Å²) in [6.07, 6.45) is 4.21. The van der Waals surface area contributed by atoms with Crippen molar-refractivity contribution in [2.45, 2.75) is 34.0 Å². The van der Waals surface area contributed by atoms with Crippen molar-refractivity contribution in [3.05, 3.63) is 18.2 Å². The van der Waals surface area contributed by atoms with Gasteiger partial charge in [-0.2, -0.15) is 11.8 Å². The minimum Gasteiger partial charge on any atom is -0.342 e. The number of rotatable bonds is 7. The van der Waals surface area contributed by atoms with Crippen LogP contribution in [0.2, 0.25) is 0 Å². The minimum absolute atomic E-state index is 0.663. The van der Waals surface area contributed by atoms with Gasteiger partial charge in [0.2, 0.25) is 0 Å². The predicted octanol–water partition coefficient (Wildman–Crippen LogP) is 1.83. The molecule has 0 unspecified atom stereocenters. The number of aryl methyl sites for hydroxylation is 1. The quantitative estimate of drug-likeness (QED) is 0.524. The zero-order chi connectivity index (χ0) is 11.1. The lowest BCUT2D eigenvalue weighted by Gasteiger charge is -2.01. The summed E-state index contributed by atoms with van der Waals surface area (Å²) >= 11 is 1.98. The monoisotopic (exact) mass is 229 g/mol. The Balaban J connectivity index is 2.47. The molecule has 1 rings (SSSR count). The van der Waals surface area contributed by atoms with E-state index in [1.807, 2.05) is 18.7 Å². The topological polar surface area (TPSA) is 18.0 Å². The molecule has 0 aliphatic rings. The molecule has 0 radical (unpaired) electrons. The van der Waals surface area contributed by atoms with Crippen LogP contribution in [0.5, 0.6) is 0 Å². The van der Waals surface area contributed by atoms with Crippen molar-refractivity contribution in [1.29, 1.82) is 0 Å². The van der Waals surface area contributed by atoms with Gasteiger partial charge < -0.3 is 4.74 Å². The van der Waals surface area contributed by atoms with E-state index in [2.05, 4.69) is 35.4 Å². The van der Waals surface area contributed by atoms with E-state index in [1.165, 1.54) is 17.3 Å². The molecule has 0 bridgehead atoms. The van der Waals surface area contributed by atoms with E-state index in [9.17, 15) is 0 Å². The van der Waals surface area contributed by atoms with Gasteiger partial charge in [0.05, 0.1) is 6.54 Å². The van der Waals surface area contributed by atoms with Crippen LogP contribution < -0.4 is 4.57 Å². The summed E-state index contributed by atoms with van der Waals surface area (Å²) in [5.74, 6) is 3.64. The van der Waals surface area contributed by atoms with Crippen LogP contribution in [0.25, 0.3) is 0 Å². The van der Waals surface area contributed by atoms with E-state index >= 15 is 0 Å². The number of ether oxygens (including phenoxy) is 1. The summed E-state index contributed by atoms with van der Waals surface area (Å²) < 4.78 is 9.80. The van der Waals surface area contributed by atoms with E-state index in [1.54, 1.807) is 0 Å². The van der Waals surface area contributed by atoms with E-state index in [0.29, 0.717) is 6.73 Å². The highest BCUT2D eigenvalue weighted by Crippen LogP contribution is 2.01. The van der Waals surface area contributed by atoms with E-state index < -0.39 is 0 Å². The molecule has 0 fully saturated rings. The van der Waals surface area contributed by atoms with Crippen molar-refractivity contribution in [2.75, 3.05) is 18.1 Å². The van der Waals surface area contributed by atoms with Gasteiger partial charge in [0.1, 0.15) is 12.4 Å². The van der Waals surface area contributed by atoms with Crippen LogP contribution in [-0.2, 0) is 18.0 Å². The molecule has 1 aromatic heterocycles. The summed E-state index contributed by atoms with van der Waals surface area (Å²) in [6.45, 7) is 8.87. The zero-order valence-corrected chi connectivity index (χ0v) is 10.7. The molecule has 86 valence electrons. The highest BCUT2D eigenvalue weighted by Gasteiger charge is 2.10. The van der Waals surface area contributed by atoms with Gasteiger partial charge in [0, 0.05) is 19.3 Å². The largest absolute Gasteiger partial charge is 0.342 e. The van der Waals surface area contributed by atoms with Crippen molar-refractivity contribution in [2.24, 2.45) is 0 Å². The Bertz CT molecular complexity index is 286. The third kappa shape index (κ3) is 3.87. The fourth-order valence-electron chi connectivity index (χ4n) is 1.41. The van der Waals surface area contributed by atoms with Gasteiger partial charge in [0.25, 0.3) is 5.82 Å². The Morgan fingerprint density at radius 1 is 1.47 bits per heavy atom. The minimum atomic E-state index is 0.663. The first-order chi connectivity index (χ1) is 7.29. The first-order valence-corrected chi connectivity index (χ1v) is 6.65. The van der Waals surface area contributed by atoms with Crippen LogP contribution in [0.15, 0.2) is 12.4 Å². The SMILES string of the molecule is CCOC[n+]1ccn(CCSCC)c1C. The number of imidazole rings is 1. The molecule has 0 aromatic carbocycles. The third-order valence-electron chi connectivity index (χ3n) is 2.37. The van der Waals surface area contributed by atoms with Crippen molar-refractivity contribution >= 4 is 11.8 Å². The molecule has 0 saturated heterocycles. The van der Waals surface area contributed by atoms with E-state index in [0.717, 1.165) is 13.2 Å². The Morgan fingerprint density at radius 3 is 2.93 bits per heavy atom. The number of aromatic nitrogens is 2. The van der Waals surface area contributed by atoms with Gasteiger partial charge in [-0.3, -0.25) is 0 Å². The summed E-state index contributed by atoms with van der Waals surface area (Å²) in [6, 6.07) is 0. The van der Waals surface area contributed by atoms with Crippen LogP contribution in [-0.4, -0.2) is 22.7 Å². The highest BCUT2D eigenvalue weighted by molar-refractivity contribution is 7.99. The molecule has 0 atom stereocenters. The van der Waals surface area contributed by atoms with Gasteiger partial charge in [-0.05, 0) is 12.7 Å². The summed E-state index contributed by atoms with van der Waals surface area (Å²) in [5, 5.41) is 0. The second kappa shape index (κ2) is 6.90. The number of nitrogens with zero attached hydrogens (tertiary/aromatic N) is 2. The lowest BCUT2D eigenvalue weighted by Crippen LogP contribution is -2.37. The van der Waals surface area contributed by atoms with Crippen LogP contribution in [0.1, 0.15) is 19.7 Å². The van der Waals surface area contributed by atoms with Crippen molar-refractivity contribution in [1.82, 2.24) is 4.57 Å². The maximum absolute atomic E-state index is 5.38. The Hall–Kier alpha value is -0.480. The van der Waals surface area contributed by atoms with E-state index in [-0.39, 0.29) is 0 Å². The fraction of sp³-hybridized carbons (Fsp3) is 0.727.